The van der Waals surface area contributed by atoms with Gasteiger partial charge in [-0.05, 0) is 37.7 Å². The predicted molar refractivity (Wildman–Crippen MR) is 80.1 cm³/mol. The first-order chi connectivity index (χ1) is 9.72. The summed E-state index contributed by atoms with van der Waals surface area (Å²) < 4.78 is 5.73. The number of hydrogen-bond donors (Lipinski definition) is 2. The first-order valence-corrected chi connectivity index (χ1v) is 7.80. The van der Waals surface area contributed by atoms with Crippen LogP contribution in [0, 0.1) is 5.92 Å². The summed E-state index contributed by atoms with van der Waals surface area (Å²) in [6, 6.07) is 8.29. The van der Waals surface area contributed by atoms with Crippen LogP contribution in [0.3, 0.4) is 0 Å². The summed E-state index contributed by atoms with van der Waals surface area (Å²) in [4.78, 5) is 0. The smallest absolute Gasteiger partial charge is 0.122 e. The number of nitrogens with one attached hydrogen (secondary N) is 1. The fourth-order valence-electron chi connectivity index (χ4n) is 3.44. The number of para-hydroxylation sites is 1. The Labute approximate surface area is 121 Å². The van der Waals surface area contributed by atoms with E-state index in [0.29, 0.717) is 5.92 Å². The van der Waals surface area contributed by atoms with Crippen molar-refractivity contribution >= 4 is 0 Å². The summed E-state index contributed by atoms with van der Waals surface area (Å²) in [6.45, 7) is 4.20. The van der Waals surface area contributed by atoms with Crippen molar-refractivity contribution in [1.29, 1.82) is 0 Å². The average Bonchev–Trinajstić information content (AvgIpc) is 2.91. The maximum absolute atomic E-state index is 9.80. The van der Waals surface area contributed by atoms with E-state index in [-0.39, 0.29) is 12.1 Å². The normalized spacial score (nSPS) is 32.7. The molecule has 0 radical (unpaired) electrons. The molecule has 1 aliphatic carbocycles. The molecule has 1 heterocycles. The van der Waals surface area contributed by atoms with Crippen molar-refractivity contribution in [3.63, 3.8) is 0 Å². The number of benzene rings is 1. The molecule has 2 aliphatic rings. The minimum atomic E-state index is -0.0654. The lowest BCUT2D eigenvalue weighted by Crippen LogP contribution is -2.52. The molecule has 3 rings (SSSR count). The van der Waals surface area contributed by atoms with Gasteiger partial charge >= 0.3 is 0 Å². The van der Waals surface area contributed by atoms with Gasteiger partial charge in [0.25, 0.3) is 0 Å². The molecule has 3 nitrogen and oxygen atoms in total. The Morgan fingerprint density at radius 1 is 1.30 bits per heavy atom. The Hall–Kier alpha value is -1.06. The molecule has 1 aromatic carbocycles. The highest BCUT2D eigenvalue weighted by Gasteiger charge is 2.34. The average molecular weight is 275 g/mol. The largest absolute Gasteiger partial charge is 0.493 e. The van der Waals surface area contributed by atoms with Crippen molar-refractivity contribution in [1.82, 2.24) is 5.32 Å². The molecular weight excluding hydrogens is 250 g/mol. The van der Waals surface area contributed by atoms with E-state index in [4.69, 9.17) is 4.74 Å². The summed E-state index contributed by atoms with van der Waals surface area (Å²) >= 11 is 0. The molecule has 1 aliphatic heterocycles. The topological polar surface area (TPSA) is 41.5 Å². The first-order valence-electron chi connectivity index (χ1n) is 7.80. The Bertz CT molecular complexity index is 452. The maximum atomic E-state index is 9.80. The molecule has 0 saturated heterocycles. The molecule has 1 saturated carbocycles. The zero-order valence-corrected chi connectivity index (χ0v) is 12.3. The Kier molecular flexibility index (Phi) is 3.99. The Morgan fingerprint density at radius 2 is 2.05 bits per heavy atom. The second-order valence-corrected chi connectivity index (χ2v) is 6.55. The molecule has 1 unspecified atom stereocenters. The SMILES string of the molecule is CC1CCC(CO)(NCC2COc3ccccc32)CC1. The van der Waals surface area contributed by atoms with Gasteiger partial charge in [0.1, 0.15) is 5.75 Å². The van der Waals surface area contributed by atoms with Crippen LogP contribution in [0.25, 0.3) is 0 Å². The van der Waals surface area contributed by atoms with E-state index in [9.17, 15) is 5.11 Å². The van der Waals surface area contributed by atoms with Gasteiger partial charge < -0.3 is 15.2 Å². The van der Waals surface area contributed by atoms with Crippen LogP contribution in [0.2, 0.25) is 0 Å². The Balaban J connectivity index is 1.62. The van der Waals surface area contributed by atoms with Gasteiger partial charge in [0.2, 0.25) is 0 Å². The van der Waals surface area contributed by atoms with Gasteiger partial charge in [-0.15, -0.1) is 0 Å². The number of hydrogen-bond acceptors (Lipinski definition) is 3. The first kappa shape index (κ1) is 13.9. The highest BCUT2D eigenvalue weighted by atomic mass is 16.5. The molecular formula is C17H25NO2. The molecule has 0 spiro atoms. The fraction of sp³-hybridized carbons (Fsp3) is 0.647. The second kappa shape index (κ2) is 5.74. The van der Waals surface area contributed by atoms with Crippen molar-refractivity contribution in [2.45, 2.75) is 44.1 Å². The molecule has 0 amide bonds. The van der Waals surface area contributed by atoms with E-state index in [1.165, 1.54) is 18.4 Å². The quantitative estimate of drug-likeness (QED) is 0.887. The summed E-state index contributed by atoms with van der Waals surface area (Å²) in [5.41, 5.74) is 1.24. The van der Waals surface area contributed by atoms with Gasteiger partial charge in [-0.25, -0.2) is 0 Å². The molecule has 110 valence electrons. The molecule has 1 aromatic rings. The van der Waals surface area contributed by atoms with Crippen molar-refractivity contribution in [3.05, 3.63) is 29.8 Å². The monoisotopic (exact) mass is 275 g/mol. The van der Waals surface area contributed by atoms with Crippen molar-refractivity contribution < 1.29 is 9.84 Å². The lowest BCUT2D eigenvalue weighted by atomic mass is 9.77. The Morgan fingerprint density at radius 3 is 2.80 bits per heavy atom. The van der Waals surface area contributed by atoms with E-state index < -0.39 is 0 Å². The van der Waals surface area contributed by atoms with Gasteiger partial charge in [0.15, 0.2) is 0 Å². The maximum Gasteiger partial charge on any atom is 0.122 e. The van der Waals surface area contributed by atoms with E-state index in [0.717, 1.165) is 37.7 Å². The number of fused-ring (bicyclic) bond motifs is 1. The molecule has 3 heteroatoms. The third kappa shape index (κ3) is 2.70. The van der Waals surface area contributed by atoms with Crippen LogP contribution in [-0.2, 0) is 0 Å². The van der Waals surface area contributed by atoms with E-state index >= 15 is 0 Å². The highest BCUT2D eigenvalue weighted by molar-refractivity contribution is 5.39. The van der Waals surface area contributed by atoms with Gasteiger partial charge in [-0.1, -0.05) is 25.1 Å². The van der Waals surface area contributed by atoms with Crippen LogP contribution in [-0.4, -0.2) is 30.4 Å². The van der Waals surface area contributed by atoms with E-state index in [2.05, 4.69) is 24.4 Å². The summed E-state index contributed by atoms with van der Waals surface area (Å²) in [6.07, 6.45) is 4.59. The van der Waals surface area contributed by atoms with Crippen LogP contribution >= 0.6 is 0 Å². The molecule has 0 bridgehead atoms. The summed E-state index contributed by atoms with van der Waals surface area (Å²) in [5, 5.41) is 13.5. The van der Waals surface area contributed by atoms with Crippen LogP contribution in [0.4, 0.5) is 0 Å². The van der Waals surface area contributed by atoms with Gasteiger partial charge in [-0.3, -0.25) is 0 Å². The molecule has 0 aromatic heterocycles. The zero-order valence-electron chi connectivity index (χ0n) is 12.3. The molecule has 1 fully saturated rings. The molecule has 1 atom stereocenters. The second-order valence-electron chi connectivity index (χ2n) is 6.55. The van der Waals surface area contributed by atoms with Crippen LogP contribution in [0.1, 0.15) is 44.1 Å². The molecule has 2 N–H and O–H groups in total. The van der Waals surface area contributed by atoms with Gasteiger partial charge in [0, 0.05) is 23.6 Å². The number of ether oxygens (including phenoxy) is 1. The standard InChI is InChI=1S/C17H25NO2/c1-13-6-8-17(12-19,9-7-13)18-10-14-11-20-16-5-3-2-4-15(14)16/h2-5,13-14,18-19H,6-12H2,1H3. The lowest BCUT2D eigenvalue weighted by Gasteiger charge is -2.39. The zero-order chi connectivity index (χ0) is 14.0. The van der Waals surface area contributed by atoms with Crippen molar-refractivity contribution in [2.24, 2.45) is 5.92 Å². The van der Waals surface area contributed by atoms with E-state index in [1.807, 2.05) is 12.1 Å². The summed E-state index contributed by atoms with van der Waals surface area (Å²) in [5.74, 6) is 2.23. The van der Waals surface area contributed by atoms with Crippen LogP contribution in [0.15, 0.2) is 24.3 Å². The van der Waals surface area contributed by atoms with Crippen molar-refractivity contribution in [2.75, 3.05) is 19.8 Å². The van der Waals surface area contributed by atoms with Gasteiger partial charge in [0.05, 0.1) is 13.2 Å². The predicted octanol–water partition coefficient (Wildman–Crippen LogP) is 2.69. The number of rotatable bonds is 4. The number of aliphatic hydroxyl groups excluding tert-OH is 1. The highest BCUT2D eigenvalue weighted by Crippen LogP contribution is 2.35. The minimum absolute atomic E-state index is 0.0654. The van der Waals surface area contributed by atoms with E-state index in [1.54, 1.807) is 0 Å². The summed E-state index contributed by atoms with van der Waals surface area (Å²) in [7, 11) is 0. The van der Waals surface area contributed by atoms with Crippen LogP contribution in [0.5, 0.6) is 5.75 Å². The van der Waals surface area contributed by atoms with Gasteiger partial charge in [-0.2, -0.15) is 0 Å². The van der Waals surface area contributed by atoms with Crippen LogP contribution < -0.4 is 10.1 Å². The minimum Gasteiger partial charge on any atom is -0.493 e. The number of aliphatic hydroxyl groups is 1. The third-order valence-corrected chi connectivity index (χ3v) is 5.06. The van der Waals surface area contributed by atoms with Crippen molar-refractivity contribution in [3.8, 4) is 5.75 Å². The molecule has 20 heavy (non-hydrogen) atoms. The lowest BCUT2D eigenvalue weighted by molar-refractivity contribution is 0.103. The third-order valence-electron chi connectivity index (χ3n) is 5.06. The fourth-order valence-corrected chi connectivity index (χ4v) is 3.44.